The van der Waals surface area contributed by atoms with Gasteiger partial charge in [-0.2, -0.15) is 0 Å². The second-order valence-corrected chi connectivity index (χ2v) is 7.53. The molecule has 0 saturated heterocycles. The first-order valence-electron chi connectivity index (χ1n) is 9.94. The summed E-state index contributed by atoms with van der Waals surface area (Å²) >= 11 is 0. The zero-order chi connectivity index (χ0) is 20.4. The molecule has 0 bridgehead atoms. The number of para-hydroxylation sites is 1. The van der Waals surface area contributed by atoms with Crippen LogP contribution in [-0.4, -0.2) is 35.5 Å². The van der Waals surface area contributed by atoms with Crippen LogP contribution in [0.25, 0.3) is 17.0 Å². The van der Waals surface area contributed by atoms with Crippen molar-refractivity contribution in [3.63, 3.8) is 0 Å². The van der Waals surface area contributed by atoms with Crippen LogP contribution in [-0.2, 0) is 16.0 Å². The van der Waals surface area contributed by atoms with Crippen LogP contribution in [0, 0.1) is 0 Å². The third-order valence-electron chi connectivity index (χ3n) is 5.72. The van der Waals surface area contributed by atoms with Gasteiger partial charge in [-0.1, -0.05) is 48.5 Å². The minimum atomic E-state index is -0.352. The molecule has 0 unspecified atom stereocenters. The van der Waals surface area contributed by atoms with Crippen LogP contribution in [0.3, 0.4) is 0 Å². The topological polar surface area (TPSA) is 45.3 Å². The first-order valence-corrected chi connectivity index (χ1v) is 9.94. The van der Waals surface area contributed by atoms with Crippen molar-refractivity contribution in [1.82, 2.24) is 9.88 Å². The maximum atomic E-state index is 11.3. The van der Waals surface area contributed by atoms with Gasteiger partial charge < -0.3 is 9.72 Å². The van der Waals surface area contributed by atoms with Crippen LogP contribution < -0.4 is 0 Å². The smallest absolute Gasteiger partial charge is 0.330 e. The number of H-pyrrole nitrogens is 1. The average Bonchev–Trinajstić information content (AvgIpc) is 3.11. The van der Waals surface area contributed by atoms with E-state index in [4.69, 9.17) is 0 Å². The Bertz CT molecular complexity index is 1060. The van der Waals surface area contributed by atoms with E-state index >= 15 is 0 Å². The van der Waals surface area contributed by atoms with Gasteiger partial charge in [-0.05, 0) is 42.2 Å². The fourth-order valence-corrected chi connectivity index (χ4v) is 4.32. The monoisotopic (exact) mass is 386 g/mol. The minimum absolute atomic E-state index is 0.137. The Morgan fingerprint density at radius 1 is 1.24 bits per heavy atom. The Kier molecular flexibility index (Phi) is 5.36. The third-order valence-corrected chi connectivity index (χ3v) is 5.72. The molecule has 0 aliphatic carbocycles. The number of benzene rings is 2. The Hall–Kier alpha value is -3.11. The van der Waals surface area contributed by atoms with Crippen LogP contribution in [0.2, 0.25) is 0 Å². The molecule has 1 aliphatic heterocycles. The molecular formula is C25H26N2O2. The Morgan fingerprint density at radius 3 is 2.72 bits per heavy atom. The van der Waals surface area contributed by atoms with E-state index in [1.54, 1.807) is 6.08 Å². The number of carbonyl (C=O) groups excluding carboxylic acids is 1. The van der Waals surface area contributed by atoms with Crippen molar-refractivity contribution in [2.24, 2.45) is 0 Å². The van der Waals surface area contributed by atoms with Crippen molar-refractivity contribution in [1.29, 1.82) is 0 Å². The maximum Gasteiger partial charge on any atom is 0.330 e. The van der Waals surface area contributed by atoms with Gasteiger partial charge in [0.1, 0.15) is 0 Å². The Balaban J connectivity index is 1.76. The fraction of sp³-hybridized carbons (Fsp3) is 0.240. The van der Waals surface area contributed by atoms with E-state index in [1.807, 2.05) is 18.2 Å². The Labute approximate surface area is 171 Å². The summed E-state index contributed by atoms with van der Waals surface area (Å²) in [6.07, 6.45) is 6.21. The van der Waals surface area contributed by atoms with E-state index in [1.165, 1.54) is 40.9 Å². The summed E-state index contributed by atoms with van der Waals surface area (Å²) in [7, 11) is 1.38. The molecule has 0 saturated carbocycles. The maximum absolute atomic E-state index is 11.3. The molecule has 2 aromatic carbocycles. The summed E-state index contributed by atoms with van der Waals surface area (Å²) in [6.45, 7) is 7.08. The molecule has 1 N–H and O–H groups in total. The van der Waals surface area contributed by atoms with E-state index in [2.05, 4.69) is 64.5 Å². The van der Waals surface area contributed by atoms with Gasteiger partial charge in [0.2, 0.25) is 0 Å². The minimum Gasteiger partial charge on any atom is -0.466 e. The van der Waals surface area contributed by atoms with Gasteiger partial charge in [-0.25, -0.2) is 4.79 Å². The highest BCUT2D eigenvalue weighted by molar-refractivity contribution is 5.87. The van der Waals surface area contributed by atoms with Gasteiger partial charge in [-0.15, -0.1) is 6.58 Å². The number of aromatic nitrogens is 1. The summed E-state index contributed by atoms with van der Waals surface area (Å²) in [6, 6.07) is 17.5. The summed E-state index contributed by atoms with van der Waals surface area (Å²) in [5.74, 6) is -0.352. The lowest BCUT2D eigenvalue weighted by atomic mass is 9.88. The fourth-order valence-electron chi connectivity index (χ4n) is 4.32. The van der Waals surface area contributed by atoms with Crippen LogP contribution >= 0.6 is 0 Å². The quantitative estimate of drug-likeness (QED) is 0.386. The molecule has 0 amide bonds. The summed E-state index contributed by atoms with van der Waals surface area (Å²) in [5.41, 5.74) is 6.06. The predicted octanol–water partition coefficient (Wildman–Crippen LogP) is 4.88. The normalized spacial score (nSPS) is 19.4. The lowest BCUT2D eigenvalue weighted by molar-refractivity contribution is -0.134. The van der Waals surface area contributed by atoms with Crippen LogP contribution in [0.5, 0.6) is 0 Å². The Morgan fingerprint density at radius 2 is 2.00 bits per heavy atom. The van der Waals surface area contributed by atoms with Gasteiger partial charge >= 0.3 is 5.97 Å². The molecule has 2 heterocycles. The number of hydrogen-bond donors (Lipinski definition) is 1. The molecule has 3 aromatic rings. The molecule has 1 aromatic heterocycles. The number of carbonyl (C=O) groups is 1. The highest BCUT2D eigenvalue weighted by Gasteiger charge is 2.34. The van der Waals surface area contributed by atoms with Gasteiger partial charge in [0, 0.05) is 35.3 Å². The zero-order valence-electron chi connectivity index (χ0n) is 16.9. The molecule has 0 radical (unpaired) electrons. The molecule has 4 rings (SSSR count). The van der Waals surface area contributed by atoms with Gasteiger partial charge in [0.05, 0.1) is 13.2 Å². The standard InChI is InChI=1S/C25H26N2O2/c1-4-15-27-17(2)16-21-20-7-5-6-8-22(20)26-24(21)25(27)19-12-9-18(10-13-19)11-14-23(28)29-3/h4-14,17,25-26H,1,15-16H2,2-3H3/t17-,25-/m1/s1. The molecule has 2 atom stereocenters. The van der Waals surface area contributed by atoms with Crippen molar-refractivity contribution >= 4 is 22.9 Å². The van der Waals surface area contributed by atoms with E-state index in [-0.39, 0.29) is 12.0 Å². The third kappa shape index (κ3) is 3.64. The molecule has 4 heteroatoms. The second-order valence-electron chi connectivity index (χ2n) is 7.53. The summed E-state index contributed by atoms with van der Waals surface area (Å²) < 4.78 is 4.67. The molecule has 0 spiro atoms. The van der Waals surface area contributed by atoms with Crippen molar-refractivity contribution < 1.29 is 9.53 Å². The van der Waals surface area contributed by atoms with E-state index < -0.39 is 0 Å². The van der Waals surface area contributed by atoms with Crippen molar-refractivity contribution in [3.05, 3.63) is 89.6 Å². The molecule has 148 valence electrons. The van der Waals surface area contributed by atoms with Crippen molar-refractivity contribution in [2.75, 3.05) is 13.7 Å². The molecule has 4 nitrogen and oxygen atoms in total. The highest BCUT2D eigenvalue weighted by atomic mass is 16.5. The largest absolute Gasteiger partial charge is 0.466 e. The molecule has 0 fully saturated rings. The summed E-state index contributed by atoms with van der Waals surface area (Å²) in [4.78, 5) is 17.5. The van der Waals surface area contributed by atoms with Crippen molar-refractivity contribution in [2.45, 2.75) is 25.4 Å². The lowest BCUT2D eigenvalue weighted by Crippen LogP contribution is -2.42. The zero-order valence-corrected chi connectivity index (χ0v) is 16.9. The van der Waals surface area contributed by atoms with Gasteiger partial charge in [0.15, 0.2) is 0 Å². The first-order chi connectivity index (χ1) is 14.1. The average molecular weight is 386 g/mol. The van der Waals surface area contributed by atoms with E-state index in [0.29, 0.717) is 6.04 Å². The van der Waals surface area contributed by atoms with Gasteiger partial charge in [-0.3, -0.25) is 4.90 Å². The molecular weight excluding hydrogens is 360 g/mol. The number of hydrogen-bond acceptors (Lipinski definition) is 3. The lowest BCUT2D eigenvalue weighted by Gasteiger charge is -2.40. The number of rotatable bonds is 5. The number of ether oxygens (including phenoxy) is 1. The van der Waals surface area contributed by atoms with Crippen LogP contribution in [0.1, 0.15) is 35.3 Å². The number of aromatic amines is 1. The number of nitrogens with zero attached hydrogens (tertiary/aromatic N) is 1. The number of methoxy groups -OCH3 is 1. The number of fused-ring (bicyclic) bond motifs is 3. The van der Waals surface area contributed by atoms with Crippen LogP contribution in [0.15, 0.2) is 67.3 Å². The van der Waals surface area contributed by atoms with Crippen LogP contribution in [0.4, 0.5) is 0 Å². The SMILES string of the molecule is C=CCN1[C@H](c2ccc(C=CC(=O)OC)cc2)c2[nH]c3ccccc3c2C[C@H]1C. The number of nitrogens with one attached hydrogen (secondary N) is 1. The van der Waals surface area contributed by atoms with E-state index in [0.717, 1.165) is 18.5 Å². The summed E-state index contributed by atoms with van der Waals surface area (Å²) in [5, 5.41) is 1.32. The van der Waals surface area contributed by atoms with Crippen molar-refractivity contribution in [3.8, 4) is 0 Å². The molecule has 1 aliphatic rings. The molecule has 29 heavy (non-hydrogen) atoms. The second kappa shape index (κ2) is 8.10. The highest BCUT2D eigenvalue weighted by Crippen LogP contribution is 2.40. The van der Waals surface area contributed by atoms with Gasteiger partial charge in [0.25, 0.3) is 0 Å². The predicted molar refractivity (Wildman–Crippen MR) is 118 cm³/mol. The first kappa shape index (κ1) is 19.2. The van der Waals surface area contributed by atoms with E-state index in [9.17, 15) is 4.79 Å². The number of esters is 1.